The Balaban J connectivity index is 5.38. The smallest absolute Gasteiger partial charge is 0.326 e. The van der Waals surface area contributed by atoms with E-state index in [4.69, 9.17) is 28.7 Å². The maximum atomic E-state index is 12.8. The van der Waals surface area contributed by atoms with Crippen molar-refractivity contribution in [1.82, 2.24) is 16.0 Å². The summed E-state index contributed by atoms with van der Waals surface area (Å²) >= 11 is 4.04. The SMILES string of the molecule is NCCCCC(NC(=O)C(CCCN=C(N)N)NC(=O)C(CS)NC(=O)C(N)CC(N)=O)C(=O)O. The molecule has 0 aliphatic rings. The van der Waals surface area contributed by atoms with E-state index in [-0.39, 0.29) is 37.5 Å². The van der Waals surface area contributed by atoms with Gasteiger partial charge in [-0.3, -0.25) is 24.2 Å². The van der Waals surface area contributed by atoms with Gasteiger partial charge >= 0.3 is 5.97 Å². The number of amides is 4. The minimum absolute atomic E-state index is 0.0674. The molecule has 4 unspecified atom stereocenters. The molecule has 0 aromatic rings. The summed E-state index contributed by atoms with van der Waals surface area (Å²) in [4.78, 5) is 64.1. The molecule has 0 heterocycles. The number of hydrogen-bond acceptors (Lipinski definition) is 9. The van der Waals surface area contributed by atoms with Gasteiger partial charge in [0.15, 0.2) is 5.96 Å². The van der Waals surface area contributed by atoms with E-state index in [0.717, 1.165) is 0 Å². The van der Waals surface area contributed by atoms with Gasteiger partial charge in [-0.25, -0.2) is 4.79 Å². The average Bonchev–Trinajstić information content (AvgIpc) is 2.77. The predicted octanol–water partition coefficient (Wildman–Crippen LogP) is -4.16. The third-order valence-corrected chi connectivity index (χ3v) is 5.08. The molecule has 16 heteroatoms. The Morgan fingerprint density at radius 1 is 0.829 bits per heavy atom. The van der Waals surface area contributed by atoms with Gasteiger partial charge in [0.1, 0.15) is 18.1 Å². The summed E-state index contributed by atoms with van der Waals surface area (Å²) < 4.78 is 0. The van der Waals surface area contributed by atoms with Gasteiger partial charge in [-0.15, -0.1) is 0 Å². The first-order chi connectivity index (χ1) is 16.4. The summed E-state index contributed by atoms with van der Waals surface area (Å²) in [6, 6.07) is -4.81. The highest BCUT2D eigenvalue weighted by molar-refractivity contribution is 7.80. The number of rotatable bonds is 18. The zero-order valence-corrected chi connectivity index (χ0v) is 20.3. The van der Waals surface area contributed by atoms with E-state index in [1.807, 2.05) is 0 Å². The van der Waals surface area contributed by atoms with Gasteiger partial charge in [-0.1, -0.05) is 0 Å². The van der Waals surface area contributed by atoms with Crippen LogP contribution in [0.25, 0.3) is 0 Å². The molecule has 0 saturated carbocycles. The van der Waals surface area contributed by atoms with E-state index in [2.05, 4.69) is 33.6 Å². The molecule has 0 spiro atoms. The second kappa shape index (κ2) is 17.3. The molecular formula is C19H37N9O6S. The number of aliphatic carboxylic acids is 1. The summed E-state index contributed by atoms with van der Waals surface area (Å²) in [7, 11) is 0. The van der Waals surface area contributed by atoms with E-state index in [0.29, 0.717) is 19.4 Å². The molecule has 14 N–H and O–H groups in total. The topological polar surface area (TPSA) is 284 Å². The monoisotopic (exact) mass is 519 g/mol. The molecule has 15 nitrogen and oxygen atoms in total. The van der Waals surface area contributed by atoms with Gasteiger partial charge in [0, 0.05) is 12.3 Å². The quantitative estimate of drug-likeness (QED) is 0.0361. The first-order valence-corrected chi connectivity index (χ1v) is 11.6. The van der Waals surface area contributed by atoms with Crippen LogP contribution in [0.3, 0.4) is 0 Å². The number of primary amides is 1. The van der Waals surface area contributed by atoms with Crippen molar-refractivity contribution in [3.63, 3.8) is 0 Å². The van der Waals surface area contributed by atoms with Gasteiger partial charge in [0.05, 0.1) is 12.5 Å². The summed E-state index contributed by atoms with van der Waals surface area (Å²) in [6.07, 6.45) is 1.14. The molecule has 0 aromatic carbocycles. The predicted molar refractivity (Wildman–Crippen MR) is 132 cm³/mol. The number of unbranched alkanes of at least 4 members (excludes halogenated alkanes) is 1. The largest absolute Gasteiger partial charge is 0.480 e. The number of carbonyl (C=O) groups is 5. The fourth-order valence-corrected chi connectivity index (χ4v) is 3.11. The number of carbonyl (C=O) groups excluding carboxylic acids is 4. The lowest BCUT2D eigenvalue weighted by Gasteiger charge is -2.24. The maximum absolute atomic E-state index is 12.8. The summed E-state index contributed by atoms with van der Waals surface area (Å²) in [5.74, 6) is -4.64. The van der Waals surface area contributed by atoms with Crippen molar-refractivity contribution in [2.75, 3.05) is 18.8 Å². The average molecular weight is 520 g/mol. The first-order valence-electron chi connectivity index (χ1n) is 11.0. The number of thiol groups is 1. The number of nitrogens with zero attached hydrogens (tertiary/aromatic N) is 1. The molecule has 4 atom stereocenters. The van der Waals surface area contributed by atoms with Crippen LogP contribution < -0.4 is 44.6 Å². The van der Waals surface area contributed by atoms with Gasteiger partial charge in [0.25, 0.3) is 0 Å². The van der Waals surface area contributed by atoms with Crippen LogP contribution >= 0.6 is 12.6 Å². The van der Waals surface area contributed by atoms with Crippen molar-refractivity contribution >= 4 is 48.2 Å². The molecule has 200 valence electrons. The van der Waals surface area contributed by atoms with Gasteiger partial charge in [-0.2, -0.15) is 12.6 Å². The normalized spacial score (nSPS) is 14.0. The molecule has 0 aliphatic carbocycles. The van der Waals surface area contributed by atoms with Crippen LogP contribution in [0.5, 0.6) is 0 Å². The van der Waals surface area contributed by atoms with E-state index in [1.54, 1.807) is 0 Å². The molecule has 0 bridgehead atoms. The first kappa shape index (κ1) is 31.9. The minimum atomic E-state index is -1.27. The van der Waals surface area contributed by atoms with Crippen LogP contribution in [0, 0.1) is 0 Å². The Kier molecular flexibility index (Phi) is 15.8. The van der Waals surface area contributed by atoms with Crippen LogP contribution in [0.2, 0.25) is 0 Å². The van der Waals surface area contributed by atoms with E-state index in [1.165, 1.54) is 0 Å². The highest BCUT2D eigenvalue weighted by Gasteiger charge is 2.29. The fraction of sp³-hybridized carbons (Fsp3) is 0.684. The van der Waals surface area contributed by atoms with Crippen molar-refractivity contribution in [2.45, 2.75) is 62.7 Å². The second-order valence-electron chi connectivity index (χ2n) is 7.71. The van der Waals surface area contributed by atoms with E-state index < -0.39 is 60.2 Å². The maximum Gasteiger partial charge on any atom is 0.326 e. The number of nitrogens with one attached hydrogen (secondary N) is 3. The fourth-order valence-electron chi connectivity index (χ4n) is 2.85. The van der Waals surface area contributed by atoms with Crippen molar-refractivity contribution < 1.29 is 29.1 Å². The molecular weight excluding hydrogens is 482 g/mol. The number of hydrogen-bond donors (Lipinski definition) is 10. The Bertz CT molecular complexity index is 763. The lowest BCUT2D eigenvalue weighted by atomic mass is 10.1. The van der Waals surface area contributed by atoms with Crippen molar-refractivity contribution in [1.29, 1.82) is 0 Å². The molecule has 0 aromatic heterocycles. The Labute approximate surface area is 208 Å². The Hall–Kier alpha value is -3.11. The van der Waals surface area contributed by atoms with Gasteiger partial charge < -0.3 is 49.7 Å². The zero-order chi connectivity index (χ0) is 27.0. The second-order valence-corrected chi connectivity index (χ2v) is 8.08. The lowest BCUT2D eigenvalue weighted by Crippen LogP contribution is -2.57. The van der Waals surface area contributed by atoms with Crippen LogP contribution in [0.1, 0.15) is 38.5 Å². The molecule has 0 fully saturated rings. The number of carboxylic acid groups (broad SMARTS) is 1. The zero-order valence-electron chi connectivity index (χ0n) is 19.4. The van der Waals surface area contributed by atoms with Crippen LogP contribution in [0.4, 0.5) is 0 Å². The van der Waals surface area contributed by atoms with E-state index in [9.17, 15) is 29.1 Å². The number of aliphatic imine (C=N–C) groups is 1. The lowest BCUT2D eigenvalue weighted by molar-refractivity contribution is -0.142. The Morgan fingerprint density at radius 2 is 1.37 bits per heavy atom. The van der Waals surface area contributed by atoms with Crippen LogP contribution in [-0.4, -0.2) is 83.7 Å². The van der Waals surface area contributed by atoms with Crippen molar-refractivity contribution in [2.24, 2.45) is 33.7 Å². The third-order valence-electron chi connectivity index (χ3n) is 4.71. The van der Waals surface area contributed by atoms with Crippen molar-refractivity contribution in [3.05, 3.63) is 0 Å². The molecule has 0 rings (SSSR count). The minimum Gasteiger partial charge on any atom is -0.480 e. The number of nitrogens with two attached hydrogens (primary N) is 5. The van der Waals surface area contributed by atoms with Gasteiger partial charge in [-0.05, 0) is 38.6 Å². The third kappa shape index (κ3) is 14.0. The summed E-state index contributed by atoms with van der Waals surface area (Å²) in [6.45, 7) is 0.541. The van der Waals surface area contributed by atoms with Crippen molar-refractivity contribution in [3.8, 4) is 0 Å². The summed E-state index contributed by atoms with van der Waals surface area (Å²) in [5.41, 5.74) is 26.6. The van der Waals surface area contributed by atoms with Crippen LogP contribution in [-0.2, 0) is 24.0 Å². The molecule has 0 aliphatic heterocycles. The standard InChI is InChI=1S/C19H37N9O6S/c20-6-2-1-4-12(18(33)34)27-16(31)11(5-3-7-25-19(23)24)26-17(32)13(9-35)28-15(30)10(21)8-14(22)29/h10-13,35H,1-9,20-21H2,(H2,22,29)(H,26,32)(H,27,31)(H,28,30)(H,33,34)(H4,23,24,25). The molecule has 4 amide bonds. The molecule has 35 heavy (non-hydrogen) atoms. The van der Waals surface area contributed by atoms with Crippen LogP contribution in [0.15, 0.2) is 4.99 Å². The number of guanidine groups is 1. The summed E-state index contributed by atoms with van der Waals surface area (Å²) in [5, 5.41) is 16.7. The van der Waals surface area contributed by atoms with E-state index >= 15 is 0 Å². The molecule has 0 saturated heterocycles. The highest BCUT2D eigenvalue weighted by Crippen LogP contribution is 2.05. The highest BCUT2D eigenvalue weighted by atomic mass is 32.1. The number of carboxylic acids is 1. The van der Waals surface area contributed by atoms with Gasteiger partial charge in [0.2, 0.25) is 23.6 Å². The Morgan fingerprint density at radius 3 is 1.89 bits per heavy atom. The molecule has 0 radical (unpaired) electrons.